The SMILES string of the molecule is Cc1ccc(C)c(NC(=O)c2cc(C(=O)Nc3ccc(F)c(F)c3F)ccn2)c1. The summed E-state index contributed by atoms with van der Waals surface area (Å²) in [7, 11) is 0. The Hall–Kier alpha value is -3.68. The molecule has 0 saturated carbocycles. The number of carbonyl (C=O) groups is 2. The highest BCUT2D eigenvalue weighted by atomic mass is 19.2. The van der Waals surface area contributed by atoms with E-state index in [9.17, 15) is 22.8 Å². The molecular formula is C21H16F3N3O2. The van der Waals surface area contributed by atoms with Gasteiger partial charge >= 0.3 is 0 Å². The van der Waals surface area contributed by atoms with Crippen molar-refractivity contribution in [1.29, 1.82) is 0 Å². The summed E-state index contributed by atoms with van der Waals surface area (Å²) in [5.74, 6) is -5.91. The van der Waals surface area contributed by atoms with Gasteiger partial charge in [-0.2, -0.15) is 0 Å². The third-order valence-electron chi connectivity index (χ3n) is 4.18. The van der Waals surface area contributed by atoms with Crippen molar-refractivity contribution in [2.75, 3.05) is 10.6 Å². The van der Waals surface area contributed by atoms with Crippen LogP contribution in [0.2, 0.25) is 0 Å². The molecule has 3 rings (SSSR count). The number of benzene rings is 2. The molecule has 0 bridgehead atoms. The van der Waals surface area contributed by atoms with E-state index in [1.165, 1.54) is 18.3 Å². The largest absolute Gasteiger partial charge is 0.320 e. The van der Waals surface area contributed by atoms with Gasteiger partial charge in [0, 0.05) is 17.4 Å². The molecule has 2 N–H and O–H groups in total. The van der Waals surface area contributed by atoms with Crippen LogP contribution in [0.3, 0.4) is 0 Å². The van der Waals surface area contributed by atoms with Gasteiger partial charge in [-0.15, -0.1) is 0 Å². The van der Waals surface area contributed by atoms with E-state index in [1.54, 1.807) is 6.07 Å². The number of halogens is 3. The van der Waals surface area contributed by atoms with Gasteiger partial charge < -0.3 is 10.6 Å². The van der Waals surface area contributed by atoms with Crippen LogP contribution in [0.15, 0.2) is 48.7 Å². The summed E-state index contributed by atoms with van der Waals surface area (Å²) in [6.07, 6.45) is 1.24. The summed E-state index contributed by atoms with van der Waals surface area (Å²) in [5.41, 5.74) is 1.86. The lowest BCUT2D eigenvalue weighted by molar-refractivity contribution is 0.102. The summed E-state index contributed by atoms with van der Waals surface area (Å²) in [6.45, 7) is 3.72. The molecule has 0 spiro atoms. The van der Waals surface area contributed by atoms with Gasteiger partial charge in [-0.25, -0.2) is 13.2 Å². The van der Waals surface area contributed by atoms with Gasteiger partial charge in [0.2, 0.25) is 0 Å². The number of aromatic nitrogens is 1. The Labute approximate surface area is 164 Å². The second-order valence-electron chi connectivity index (χ2n) is 6.38. The van der Waals surface area contributed by atoms with E-state index in [0.717, 1.165) is 17.2 Å². The summed E-state index contributed by atoms with van der Waals surface area (Å²) < 4.78 is 40.1. The molecule has 0 unspecified atom stereocenters. The number of anilines is 2. The highest BCUT2D eigenvalue weighted by molar-refractivity contribution is 6.08. The number of amides is 2. The first-order chi connectivity index (χ1) is 13.8. The minimum atomic E-state index is -1.69. The first-order valence-electron chi connectivity index (χ1n) is 8.56. The van der Waals surface area contributed by atoms with Crippen molar-refractivity contribution in [2.24, 2.45) is 0 Å². The molecule has 0 aliphatic heterocycles. The number of aryl methyl sites for hydroxylation is 2. The van der Waals surface area contributed by atoms with Gasteiger partial charge in [0.25, 0.3) is 11.8 Å². The number of nitrogens with zero attached hydrogens (tertiary/aromatic N) is 1. The standard InChI is InChI=1S/C21H16F3N3O2/c1-11-3-4-12(2)16(9-11)27-21(29)17-10-13(7-8-25-17)20(28)26-15-6-5-14(22)18(23)19(15)24/h3-10H,1-2H3,(H,26,28)(H,27,29). The normalized spacial score (nSPS) is 10.5. The average molecular weight is 399 g/mol. The second-order valence-corrected chi connectivity index (χ2v) is 6.38. The topological polar surface area (TPSA) is 71.1 Å². The Bertz CT molecular complexity index is 1120. The second kappa shape index (κ2) is 8.14. The first-order valence-corrected chi connectivity index (χ1v) is 8.56. The summed E-state index contributed by atoms with van der Waals surface area (Å²) in [5, 5.41) is 4.87. The molecule has 0 aliphatic rings. The van der Waals surface area contributed by atoms with E-state index in [1.807, 2.05) is 26.0 Å². The van der Waals surface area contributed by atoms with Crippen molar-refractivity contribution < 1.29 is 22.8 Å². The summed E-state index contributed by atoms with van der Waals surface area (Å²) >= 11 is 0. The van der Waals surface area contributed by atoms with Gasteiger partial charge in [-0.1, -0.05) is 12.1 Å². The highest BCUT2D eigenvalue weighted by Crippen LogP contribution is 2.21. The minimum Gasteiger partial charge on any atom is -0.320 e. The molecule has 1 aromatic heterocycles. The Kier molecular flexibility index (Phi) is 5.63. The van der Waals surface area contributed by atoms with E-state index in [-0.39, 0.29) is 11.3 Å². The lowest BCUT2D eigenvalue weighted by Gasteiger charge is -2.10. The van der Waals surface area contributed by atoms with Crippen molar-refractivity contribution in [3.63, 3.8) is 0 Å². The third kappa shape index (κ3) is 4.43. The van der Waals surface area contributed by atoms with Crippen LogP contribution < -0.4 is 10.6 Å². The summed E-state index contributed by atoms with van der Waals surface area (Å²) in [4.78, 5) is 28.8. The van der Waals surface area contributed by atoms with E-state index in [0.29, 0.717) is 11.8 Å². The molecule has 1 heterocycles. The zero-order valence-corrected chi connectivity index (χ0v) is 15.5. The molecule has 148 valence electrons. The molecule has 0 radical (unpaired) electrons. The van der Waals surface area contributed by atoms with E-state index >= 15 is 0 Å². The molecule has 5 nitrogen and oxygen atoms in total. The van der Waals surface area contributed by atoms with Crippen LogP contribution in [0.1, 0.15) is 32.0 Å². The van der Waals surface area contributed by atoms with Crippen LogP contribution in [0, 0.1) is 31.3 Å². The fraction of sp³-hybridized carbons (Fsp3) is 0.0952. The number of hydrogen-bond donors (Lipinski definition) is 2. The summed E-state index contributed by atoms with van der Waals surface area (Å²) in [6, 6.07) is 9.69. The number of rotatable bonds is 4. The van der Waals surface area contributed by atoms with Crippen molar-refractivity contribution in [2.45, 2.75) is 13.8 Å². The highest BCUT2D eigenvalue weighted by Gasteiger charge is 2.17. The van der Waals surface area contributed by atoms with Gasteiger partial charge in [-0.3, -0.25) is 14.6 Å². The number of hydrogen-bond acceptors (Lipinski definition) is 3. The lowest BCUT2D eigenvalue weighted by atomic mass is 10.1. The lowest BCUT2D eigenvalue weighted by Crippen LogP contribution is -2.18. The van der Waals surface area contributed by atoms with E-state index in [2.05, 4.69) is 15.6 Å². The molecule has 2 aromatic carbocycles. The average Bonchev–Trinajstić information content (AvgIpc) is 2.71. The van der Waals surface area contributed by atoms with Crippen molar-refractivity contribution in [1.82, 2.24) is 4.98 Å². The smallest absolute Gasteiger partial charge is 0.274 e. The fourth-order valence-corrected chi connectivity index (χ4v) is 2.57. The molecule has 3 aromatic rings. The van der Waals surface area contributed by atoms with Crippen molar-refractivity contribution >= 4 is 23.2 Å². The molecule has 0 saturated heterocycles. The molecular weight excluding hydrogens is 383 g/mol. The number of carbonyl (C=O) groups excluding carboxylic acids is 2. The predicted octanol–water partition coefficient (Wildman–Crippen LogP) is 4.62. The van der Waals surface area contributed by atoms with Crippen LogP contribution >= 0.6 is 0 Å². The zero-order chi connectivity index (χ0) is 21.1. The molecule has 0 atom stereocenters. The Morgan fingerprint density at radius 2 is 1.55 bits per heavy atom. The number of pyridine rings is 1. The van der Waals surface area contributed by atoms with Crippen LogP contribution in [-0.2, 0) is 0 Å². The van der Waals surface area contributed by atoms with Crippen molar-refractivity contribution in [3.8, 4) is 0 Å². The molecule has 0 aliphatic carbocycles. The molecule has 2 amide bonds. The Morgan fingerprint density at radius 1 is 0.828 bits per heavy atom. The number of nitrogens with one attached hydrogen (secondary N) is 2. The van der Waals surface area contributed by atoms with E-state index < -0.39 is 35.0 Å². The minimum absolute atomic E-state index is 0.00440. The third-order valence-corrected chi connectivity index (χ3v) is 4.18. The maximum absolute atomic E-state index is 13.8. The van der Waals surface area contributed by atoms with Gasteiger partial charge in [-0.05, 0) is 55.3 Å². The first kappa shape index (κ1) is 20.1. The van der Waals surface area contributed by atoms with Crippen LogP contribution in [-0.4, -0.2) is 16.8 Å². The molecule has 8 heteroatoms. The zero-order valence-electron chi connectivity index (χ0n) is 15.5. The maximum atomic E-state index is 13.8. The Morgan fingerprint density at radius 3 is 2.31 bits per heavy atom. The fourth-order valence-electron chi connectivity index (χ4n) is 2.57. The monoisotopic (exact) mass is 399 g/mol. The quantitative estimate of drug-likeness (QED) is 0.629. The van der Waals surface area contributed by atoms with Gasteiger partial charge in [0.15, 0.2) is 17.5 Å². The van der Waals surface area contributed by atoms with Crippen LogP contribution in [0.25, 0.3) is 0 Å². The van der Waals surface area contributed by atoms with E-state index in [4.69, 9.17) is 0 Å². The molecule has 0 fully saturated rings. The maximum Gasteiger partial charge on any atom is 0.274 e. The molecule has 29 heavy (non-hydrogen) atoms. The van der Waals surface area contributed by atoms with Crippen LogP contribution in [0.5, 0.6) is 0 Å². The van der Waals surface area contributed by atoms with Crippen LogP contribution in [0.4, 0.5) is 24.5 Å². The van der Waals surface area contributed by atoms with Crippen molar-refractivity contribution in [3.05, 3.63) is 88.5 Å². The van der Waals surface area contributed by atoms with Gasteiger partial charge in [0.1, 0.15) is 5.69 Å². The Balaban J connectivity index is 1.80. The predicted molar refractivity (Wildman–Crippen MR) is 102 cm³/mol. The van der Waals surface area contributed by atoms with Gasteiger partial charge in [0.05, 0.1) is 5.69 Å².